The maximum absolute atomic E-state index is 10.8. The highest BCUT2D eigenvalue weighted by Gasteiger charge is 2.08. The SMILES string of the molecule is [CH]OS(=O)(=O)Cc1ccccc1. The third kappa shape index (κ3) is 2.64. The van der Waals surface area contributed by atoms with E-state index in [-0.39, 0.29) is 5.75 Å². The standard InChI is InChI=1S/C8H8O3S/c1-11-12(9,10)7-8-5-3-2-4-6-8/h1-6H,7H2. The van der Waals surface area contributed by atoms with Crippen molar-refractivity contribution in [2.75, 3.05) is 0 Å². The van der Waals surface area contributed by atoms with E-state index in [4.69, 9.17) is 0 Å². The van der Waals surface area contributed by atoms with Crippen LogP contribution in [0.3, 0.4) is 0 Å². The molecule has 0 aromatic heterocycles. The van der Waals surface area contributed by atoms with E-state index >= 15 is 0 Å². The van der Waals surface area contributed by atoms with Gasteiger partial charge in [-0.25, -0.2) is 0 Å². The average molecular weight is 184 g/mol. The minimum absolute atomic E-state index is 0.190. The van der Waals surface area contributed by atoms with Crippen molar-refractivity contribution in [2.45, 2.75) is 5.75 Å². The van der Waals surface area contributed by atoms with Crippen LogP contribution < -0.4 is 0 Å². The second-order valence-corrected chi connectivity index (χ2v) is 3.88. The fourth-order valence-electron chi connectivity index (χ4n) is 0.812. The molecule has 0 amide bonds. The number of rotatable bonds is 3. The van der Waals surface area contributed by atoms with Gasteiger partial charge in [0.1, 0.15) is 12.9 Å². The molecular weight excluding hydrogens is 176 g/mol. The first-order valence-corrected chi connectivity index (χ1v) is 4.87. The van der Waals surface area contributed by atoms with Crippen LogP contribution in [-0.2, 0) is 20.1 Å². The molecule has 0 aliphatic carbocycles. The molecule has 0 unspecified atom stereocenters. The Labute approximate surface area is 72.1 Å². The van der Waals surface area contributed by atoms with Crippen LogP contribution in [0.4, 0.5) is 0 Å². The van der Waals surface area contributed by atoms with Gasteiger partial charge < -0.3 is 0 Å². The molecule has 0 N–H and O–H groups in total. The summed E-state index contributed by atoms with van der Waals surface area (Å²) in [5, 5.41) is 0. The molecule has 3 nitrogen and oxygen atoms in total. The molecule has 1 aromatic rings. The Kier molecular flexibility index (Phi) is 2.83. The van der Waals surface area contributed by atoms with E-state index in [0.29, 0.717) is 5.56 Å². The lowest BCUT2D eigenvalue weighted by molar-refractivity contribution is 0.437. The topological polar surface area (TPSA) is 43.4 Å². The first-order chi connectivity index (χ1) is 5.64. The fraction of sp³-hybridized carbons (Fsp3) is 0.125. The molecule has 0 spiro atoms. The molecule has 1 aromatic carbocycles. The van der Waals surface area contributed by atoms with Crippen LogP contribution in [0.15, 0.2) is 30.3 Å². The highest BCUT2D eigenvalue weighted by atomic mass is 32.2. The number of benzene rings is 1. The summed E-state index contributed by atoms with van der Waals surface area (Å²) in [6.45, 7) is 0. The van der Waals surface area contributed by atoms with Gasteiger partial charge in [0.05, 0.1) is 0 Å². The Bertz CT molecular complexity index is 329. The van der Waals surface area contributed by atoms with Gasteiger partial charge >= 0.3 is 0 Å². The molecule has 1 rings (SSSR count). The maximum atomic E-state index is 10.8. The molecule has 12 heavy (non-hydrogen) atoms. The van der Waals surface area contributed by atoms with Gasteiger partial charge in [0.25, 0.3) is 10.1 Å². The van der Waals surface area contributed by atoms with E-state index in [0.717, 1.165) is 0 Å². The van der Waals surface area contributed by atoms with Crippen molar-refractivity contribution in [2.24, 2.45) is 0 Å². The van der Waals surface area contributed by atoms with Gasteiger partial charge in [-0.1, -0.05) is 30.3 Å². The van der Waals surface area contributed by atoms with Crippen LogP contribution >= 0.6 is 0 Å². The molecule has 0 saturated carbocycles. The lowest BCUT2D eigenvalue weighted by Crippen LogP contribution is -2.04. The molecule has 0 heterocycles. The smallest absolute Gasteiger partial charge is 0.261 e. The Balaban J connectivity index is 2.78. The zero-order valence-corrected chi connectivity index (χ0v) is 7.12. The quantitative estimate of drug-likeness (QED) is 0.663. The predicted molar refractivity (Wildman–Crippen MR) is 44.5 cm³/mol. The van der Waals surface area contributed by atoms with Crippen LogP contribution in [0.2, 0.25) is 0 Å². The molecule has 2 radical (unpaired) electrons. The molecule has 0 aliphatic rings. The van der Waals surface area contributed by atoms with E-state index in [1.807, 2.05) is 0 Å². The van der Waals surface area contributed by atoms with Crippen molar-refractivity contribution in [3.8, 4) is 0 Å². The van der Waals surface area contributed by atoms with Crippen molar-refractivity contribution in [3.63, 3.8) is 0 Å². The summed E-state index contributed by atoms with van der Waals surface area (Å²) in [6.07, 6.45) is 0. The molecule has 64 valence electrons. The van der Waals surface area contributed by atoms with Gasteiger partial charge in [-0.3, -0.25) is 4.18 Å². The Morgan fingerprint density at radius 2 is 1.83 bits per heavy atom. The highest BCUT2D eigenvalue weighted by Crippen LogP contribution is 2.05. The summed E-state index contributed by atoms with van der Waals surface area (Å²) < 4.78 is 25.5. The Morgan fingerprint density at radius 3 is 2.33 bits per heavy atom. The third-order valence-corrected chi connectivity index (χ3v) is 2.31. The third-order valence-electron chi connectivity index (χ3n) is 1.33. The largest absolute Gasteiger partial charge is 0.271 e. The zero-order valence-electron chi connectivity index (χ0n) is 6.30. The van der Waals surface area contributed by atoms with Gasteiger partial charge in [0.2, 0.25) is 0 Å². The van der Waals surface area contributed by atoms with Crippen LogP contribution in [0.5, 0.6) is 0 Å². The normalized spacial score (nSPS) is 11.4. The minimum Gasteiger partial charge on any atom is -0.261 e. The lowest BCUT2D eigenvalue weighted by atomic mass is 10.2. The maximum Gasteiger partial charge on any atom is 0.271 e. The Hall–Kier alpha value is -0.870. The van der Waals surface area contributed by atoms with Crippen molar-refractivity contribution in [1.29, 1.82) is 0 Å². The summed E-state index contributed by atoms with van der Waals surface area (Å²) in [5.74, 6) is -0.190. The molecule has 0 bridgehead atoms. The fourth-order valence-corrected chi connectivity index (χ4v) is 1.48. The number of hydrogen-bond donors (Lipinski definition) is 0. The first-order valence-electron chi connectivity index (χ1n) is 3.29. The molecule has 0 fully saturated rings. The first kappa shape index (κ1) is 9.22. The summed E-state index contributed by atoms with van der Waals surface area (Å²) in [4.78, 5) is 0. The second-order valence-electron chi connectivity index (χ2n) is 2.28. The van der Waals surface area contributed by atoms with Crippen molar-refractivity contribution in [3.05, 3.63) is 43.0 Å². The van der Waals surface area contributed by atoms with Gasteiger partial charge in [-0.2, -0.15) is 8.42 Å². The van der Waals surface area contributed by atoms with E-state index in [1.165, 1.54) is 0 Å². The molecule has 0 atom stereocenters. The van der Waals surface area contributed by atoms with Gasteiger partial charge in [0.15, 0.2) is 0 Å². The molecule has 0 saturated heterocycles. The van der Waals surface area contributed by atoms with Crippen molar-refractivity contribution < 1.29 is 12.6 Å². The van der Waals surface area contributed by atoms with Crippen LogP contribution in [0.1, 0.15) is 5.56 Å². The summed E-state index contributed by atoms with van der Waals surface area (Å²) in [7, 11) is 0.971. The van der Waals surface area contributed by atoms with E-state index in [1.54, 1.807) is 30.3 Å². The van der Waals surface area contributed by atoms with Crippen molar-refractivity contribution in [1.82, 2.24) is 0 Å². The average Bonchev–Trinajstić information content (AvgIpc) is 2.06. The molecule has 0 aliphatic heterocycles. The van der Waals surface area contributed by atoms with Crippen LogP contribution in [0, 0.1) is 7.11 Å². The van der Waals surface area contributed by atoms with Crippen molar-refractivity contribution >= 4 is 10.1 Å². The van der Waals surface area contributed by atoms with Crippen LogP contribution in [0.25, 0.3) is 0 Å². The predicted octanol–water partition coefficient (Wildman–Crippen LogP) is 1.20. The van der Waals surface area contributed by atoms with Gasteiger partial charge in [-0.05, 0) is 5.56 Å². The number of hydrogen-bond acceptors (Lipinski definition) is 3. The molecular formula is C8H8O3S. The summed E-state index contributed by atoms with van der Waals surface area (Å²) >= 11 is 0. The monoisotopic (exact) mass is 184 g/mol. The summed E-state index contributed by atoms with van der Waals surface area (Å²) in [6, 6.07) is 8.69. The minimum atomic E-state index is -3.59. The van der Waals surface area contributed by atoms with E-state index in [2.05, 4.69) is 11.3 Å². The highest BCUT2D eigenvalue weighted by molar-refractivity contribution is 7.85. The molecule has 4 heteroatoms. The second kappa shape index (κ2) is 3.69. The van der Waals surface area contributed by atoms with Gasteiger partial charge in [-0.15, -0.1) is 0 Å². The summed E-state index contributed by atoms with van der Waals surface area (Å²) in [5.41, 5.74) is 0.656. The lowest BCUT2D eigenvalue weighted by Gasteiger charge is -1.99. The van der Waals surface area contributed by atoms with E-state index in [9.17, 15) is 8.42 Å². The van der Waals surface area contributed by atoms with E-state index < -0.39 is 10.1 Å². The van der Waals surface area contributed by atoms with Gasteiger partial charge in [0, 0.05) is 0 Å². The zero-order chi connectivity index (χ0) is 9.03. The van der Waals surface area contributed by atoms with Crippen LogP contribution in [-0.4, -0.2) is 8.42 Å². The Morgan fingerprint density at radius 1 is 1.25 bits per heavy atom.